The van der Waals surface area contributed by atoms with Crippen LogP contribution < -0.4 is 4.90 Å². The van der Waals surface area contributed by atoms with Crippen LogP contribution in [-0.2, 0) is 9.53 Å². The molecular weight excluding hydrogens is 223 g/mol. The van der Waals surface area contributed by atoms with Gasteiger partial charge in [-0.05, 0) is 25.1 Å². The van der Waals surface area contributed by atoms with Crippen molar-refractivity contribution in [3.8, 4) is 6.07 Å². The van der Waals surface area contributed by atoms with E-state index in [-0.39, 0.29) is 18.1 Å². The summed E-state index contributed by atoms with van der Waals surface area (Å²) < 4.78 is 18.1. The summed E-state index contributed by atoms with van der Waals surface area (Å²) in [6.07, 6.45) is 0. The fourth-order valence-electron chi connectivity index (χ4n) is 1.32. The molecule has 0 saturated heterocycles. The van der Waals surface area contributed by atoms with Crippen molar-refractivity contribution < 1.29 is 13.9 Å². The van der Waals surface area contributed by atoms with Crippen LogP contribution in [0.15, 0.2) is 18.2 Å². The van der Waals surface area contributed by atoms with E-state index in [1.54, 1.807) is 31.0 Å². The molecular formula is C12H13FN2O2. The lowest BCUT2D eigenvalue weighted by Gasteiger charge is -2.18. The van der Waals surface area contributed by atoms with Crippen LogP contribution in [0.3, 0.4) is 0 Å². The zero-order valence-corrected chi connectivity index (χ0v) is 9.74. The van der Waals surface area contributed by atoms with Crippen molar-refractivity contribution in [1.82, 2.24) is 0 Å². The molecule has 90 valence electrons. The molecule has 0 radical (unpaired) electrons. The molecule has 4 nitrogen and oxygen atoms in total. The zero-order valence-electron chi connectivity index (χ0n) is 9.74. The molecule has 0 N–H and O–H groups in total. The maximum atomic E-state index is 13.3. The van der Waals surface area contributed by atoms with E-state index in [9.17, 15) is 9.18 Å². The Morgan fingerprint density at radius 2 is 2.29 bits per heavy atom. The van der Waals surface area contributed by atoms with Gasteiger partial charge in [-0.3, -0.25) is 4.79 Å². The molecule has 0 spiro atoms. The lowest BCUT2D eigenvalue weighted by atomic mass is 10.2. The molecule has 0 saturated carbocycles. The Bertz CT molecular complexity index is 454. The summed E-state index contributed by atoms with van der Waals surface area (Å²) in [6, 6.07) is 5.92. The van der Waals surface area contributed by atoms with Gasteiger partial charge in [-0.15, -0.1) is 0 Å². The molecule has 0 aliphatic heterocycles. The minimum Gasteiger partial charge on any atom is -0.465 e. The highest BCUT2D eigenvalue weighted by molar-refractivity contribution is 5.75. The van der Waals surface area contributed by atoms with E-state index in [4.69, 9.17) is 10.00 Å². The zero-order chi connectivity index (χ0) is 12.8. The van der Waals surface area contributed by atoms with Crippen molar-refractivity contribution in [3.05, 3.63) is 29.6 Å². The predicted octanol–water partition coefficient (Wildman–Crippen LogP) is 1.70. The minimum atomic E-state index is -0.597. The largest absolute Gasteiger partial charge is 0.465 e. The van der Waals surface area contributed by atoms with Crippen molar-refractivity contribution in [2.45, 2.75) is 6.92 Å². The highest BCUT2D eigenvalue weighted by Crippen LogP contribution is 2.17. The van der Waals surface area contributed by atoms with Gasteiger partial charge in [0.05, 0.1) is 12.2 Å². The minimum absolute atomic E-state index is 0.0155. The summed E-state index contributed by atoms with van der Waals surface area (Å²) in [5.74, 6) is -0.972. The average Bonchev–Trinajstić information content (AvgIpc) is 2.29. The number of esters is 1. The molecule has 1 aromatic carbocycles. The maximum absolute atomic E-state index is 13.3. The topological polar surface area (TPSA) is 53.3 Å². The first-order chi connectivity index (χ1) is 8.08. The highest BCUT2D eigenvalue weighted by Gasteiger charge is 2.10. The number of likely N-dealkylation sites (N-methyl/N-ethyl adjacent to an activating group) is 1. The lowest BCUT2D eigenvalue weighted by molar-refractivity contribution is -0.141. The fourth-order valence-corrected chi connectivity index (χ4v) is 1.32. The molecule has 0 heterocycles. The Hall–Kier alpha value is -2.09. The Balaban J connectivity index is 2.76. The Morgan fingerprint density at radius 3 is 2.82 bits per heavy atom. The van der Waals surface area contributed by atoms with Gasteiger partial charge in [0, 0.05) is 12.7 Å². The predicted molar refractivity (Wildman–Crippen MR) is 61.0 cm³/mol. The number of ether oxygens (including phenoxy) is 1. The van der Waals surface area contributed by atoms with Crippen LogP contribution in [0.25, 0.3) is 0 Å². The summed E-state index contributed by atoms with van der Waals surface area (Å²) in [5, 5.41) is 8.59. The summed E-state index contributed by atoms with van der Waals surface area (Å²) in [4.78, 5) is 12.8. The monoisotopic (exact) mass is 236 g/mol. The maximum Gasteiger partial charge on any atom is 0.325 e. The molecule has 0 aliphatic carbocycles. The summed E-state index contributed by atoms with van der Waals surface area (Å²) in [6.45, 7) is 2.08. The number of hydrogen-bond acceptors (Lipinski definition) is 4. The third kappa shape index (κ3) is 3.45. The SMILES string of the molecule is CCOC(=O)CN(C)c1ccc(C#N)c(F)c1. The van der Waals surface area contributed by atoms with Crippen LogP contribution in [-0.4, -0.2) is 26.2 Å². The first kappa shape index (κ1) is 13.0. The molecule has 0 fully saturated rings. The summed E-state index contributed by atoms with van der Waals surface area (Å²) in [7, 11) is 1.65. The van der Waals surface area contributed by atoms with Gasteiger partial charge in [-0.25, -0.2) is 4.39 Å². The van der Waals surface area contributed by atoms with Crippen molar-refractivity contribution in [2.75, 3.05) is 25.1 Å². The molecule has 0 aliphatic rings. The number of benzene rings is 1. The van der Waals surface area contributed by atoms with Gasteiger partial charge in [0.15, 0.2) is 0 Å². The van der Waals surface area contributed by atoms with Gasteiger partial charge in [0.1, 0.15) is 18.4 Å². The van der Waals surface area contributed by atoms with Crippen LogP contribution in [0.4, 0.5) is 10.1 Å². The first-order valence-electron chi connectivity index (χ1n) is 5.15. The normalized spacial score (nSPS) is 9.53. The first-order valence-corrected chi connectivity index (χ1v) is 5.15. The Labute approximate surface area is 99.2 Å². The molecule has 0 atom stereocenters. The van der Waals surface area contributed by atoms with Crippen molar-refractivity contribution in [3.63, 3.8) is 0 Å². The molecule has 0 unspecified atom stereocenters. The molecule has 1 rings (SSSR count). The average molecular weight is 236 g/mol. The highest BCUT2D eigenvalue weighted by atomic mass is 19.1. The molecule has 1 aromatic rings. The number of carbonyl (C=O) groups excluding carboxylic acids is 1. The number of carbonyl (C=O) groups is 1. The van der Waals surface area contributed by atoms with Crippen molar-refractivity contribution in [1.29, 1.82) is 5.26 Å². The van der Waals surface area contributed by atoms with Crippen LogP contribution in [0.2, 0.25) is 0 Å². The molecule has 0 bridgehead atoms. The quantitative estimate of drug-likeness (QED) is 0.746. The third-order valence-corrected chi connectivity index (χ3v) is 2.19. The third-order valence-electron chi connectivity index (χ3n) is 2.19. The molecule has 17 heavy (non-hydrogen) atoms. The standard InChI is InChI=1S/C12H13FN2O2/c1-3-17-12(16)8-15(2)10-5-4-9(7-14)11(13)6-10/h4-6H,3,8H2,1-2H3. The number of nitrogens with zero attached hydrogens (tertiary/aromatic N) is 2. The number of halogens is 1. The second-order valence-corrected chi connectivity index (χ2v) is 3.44. The Morgan fingerprint density at radius 1 is 1.59 bits per heavy atom. The van der Waals surface area contributed by atoms with E-state index in [2.05, 4.69) is 0 Å². The Kier molecular flexibility index (Phi) is 4.46. The van der Waals surface area contributed by atoms with Crippen LogP contribution in [0.1, 0.15) is 12.5 Å². The fraction of sp³-hybridized carbons (Fsp3) is 0.333. The number of anilines is 1. The van der Waals surface area contributed by atoms with Crippen LogP contribution in [0.5, 0.6) is 0 Å². The lowest BCUT2D eigenvalue weighted by Crippen LogP contribution is -2.27. The number of hydrogen-bond donors (Lipinski definition) is 0. The van der Waals surface area contributed by atoms with E-state index >= 15 is 0 Å². The van der Waals surface area contributed by atoms with Crippen molar-refractivity contribution in [2.24, 2.45) is 0 Å². The van der Waals surface area contributed by atoms with E-state index in [1.807, 2.05) is 0 Å². The second kappa shape index (κ2) is 5.85. The second-order valence-electron chi connectivity index (χ2n) is 3.44. The van der Waals surface area contributed by atoms with Gasteiger partial charge >= 0.3 is 5.97 Å². The summed E-state index contributed by atoms with van der Waals surface area (Å²) in [5.41, 5.74) is 0.507. The number of nitriles is 1. The van der Waals surface area contributed by atoms with Gasteiger partial charge in [0.25, 0.3) is 0 Å². The van der Waals surface area contributed by atoms with Crippen molar-refractivity contribution >= 4 is 11.7 Å². The van der Waals surface area contributed by atoms with Gasteiger partial charge in [0.2, 0.25) is 0 Å². The van der Waals surface area contributed by atoms with E-state index in [0.717, 1.165) is 0 Å². The van der Waals surface area contributed by atoms with E-state index in [1.165, 1.54) is 12.1 Å². The molecule has 0 amide bonds. The van der Waals surface area contributed by atoms with E-state index < -0.39 is 5.82 Å². The summed E-state index contributed by atoms with van der Waals surface area (Å²) >= 11 is 0. The van der Waals surface area contributed by atoms with Gasteiger partial charge < -0.3 is 9.64 Å². The number of rotatable bonds is 4. The molecule has 5 heteroatoms. The smallest absolute Gasteiger partial charge is 0.325 e. The van der Waals surface area contributed by atoms with E-state index in [0.29, 0.717) is 12.3 Å². The van der Waals surface area contributed by atoms with Gasteiger partial charge in [-0.2, -0.15) is 5.26 Å². The van der Waals surface area contributed by atoms with Crippen LogP contribution >= 0.6 is 0 Å². The molecule has 0 aromatic heterocycles. The van der Waals surface area contributed by atoms with Gasteiger partial charge in [-0.1, -0.05) is 0 Å². The van der Waals surface area contributed by atoms with Crippen LogP contribution in [0, 0.1) is 17.1 Å².